The molecule has 0 radical (unpaired) electrons. The maximum Gasteiger partial charge on any atom is 0.281 e. The highest BCUT2D eigenvalue weighted by Crippen LogP contribution is 2.34. The van der Waals surface area contributed by atoms with Crippen LogP contribution in [0.5, 0.6) is 5.75 Å². The normalized spacial score (nSPS) is 15.1. The minimum atomic E-state index is -0.286. The molecular formula is C26H23Br2N3O3. The molecule has 34 heavy (non-hydrogen) atoms. The van der Waals surface area contributed by atoms with Crippen LogP contribution in [-0.4, -0.2) is 43.6 Å². The first-order chi connectivity index (χ1) is 16.4. The molecule has 0 bridgehead atoms. The number of hydrazone groups is 1. The average Bonchev–Trinajstić information content (AvgIpc) is 3.29. The van der Waals surface area contributed by atoms with Crippen LogP contribution in [0.15, 0.2) is 80.8 Å². The number of aldehydes is 1. The largest absolute Gasteiger partial charge is 0.483 e. The van der Waals surface area contributed by atoms with E-state index in [9.17, 15) is 9.59 Å². The van der Waals surface area contributed by atoms with Gasteiger partial charge in [0.2, 0.25) is 0 Å². The molecule has 8 heteroatoms. The van der Waals surface area contributed by atoms with Gasteiger partial charge in [-0.05, 0) is 53.6 Å². The first kappa shape index (κ1) is 24.2. The Morgan fingerprint density at radius 3 is 2.50 bits per heavy atom. The number of amides is 1. The lowest BCUT2D eigenvalue weighted by molar-refractivity contribution is -0.135. The number of halogens is 2. The summed E-state index contributed by atoms with van der Waals surface area (Å²) < 4.78 is 7.44. The molecule has 4 rings (SSSR count). The van der Waals surface area contributed by atoms with Crippen molar-refractivity contribution in [3.05, 3.63) is 92.4 Å². The van der Waals surface area contributed by atoms with Gasteiger partial charge in [0, 0.05) is 35.1 Å². The van der Waals surface area contributed by atoms with E-state index in [1.165, 1.54) is 5.01 Å². The molecule has 0 saturated carbocycles. The minimum absolute atomic E-state index is 0.232. The number of hydrogen-bond donors (Lipinski definition) is 0. The van der Waals surface area contributed by atoms with Crippen molar-refractivity contribution in [3.8, 4) is 5.75 Å². The number of benzene rings is 3. The van der Waals surface area contributed by atoms with Gasteiger partial charge in [-0.3, -0.25) is 9.59 Å². The summed E-state index contributed by atoms with van der Waals surface area (Å²) in [5.74, 6) is 0.0697. The van der Waals surface area contributed by atoms with E-state index in [4.69, 9.17) is 9.84 Å². The van der Waals surface area contributed by atoms with E-state index in [0.29, 0.717) is 24.0 Å². The summed E-state index contributed by atoms with van der Waals surface area (Å²) in [4.78, 5) is 26.7. The predicted molar refractivity (Wildman–Crippen MR) is 141 cm³/mol. The standard InChI is InChI=1S/C26H23Br2N3O3/c1-30(2)22-9-6-17(7-10-22)24-14-23(18-4-3-5-20(27)12-18)29-31(24)26(33)16-34-25-11-8-21(28)13-19(25)15-32/h3-13,15,24H,14,16H2,1-2H3. The molecule has 0 N–H and O–H groups in total. The van der Waals surface area contributed by atoms with Gasteiger partial charge in [0.25, 0.3) is 5.91 Å². The van der Waals surface area contributed by atoms with Crippen molar-refractivity contribution in [3.63, 3.8) is 0 Å². The zero-order valence-electron chi connectivity index (χ0n) is 18.7. The van der Waals surface area contributed by atoms with Gasteiger partial charge >= 0.3 is 0 Å². The first-order valence-electron chi connectivity index (χ1n) is 10.7. The summed E-state index contributed by atoms with van der Waals surface area (Å²) in [6.45, 7) is -0.232. The lowest BCUT2D eigenvalue weighted by atomic mass is 9.98. The van der Waals surface area contributed by atoms with Crippen LogP contribution in [0.3, 0.4) is 0 Å². The van der Waals surface area contributed by atoms with Crippen molar-refractivity contribution >= 4 is 55.5 Å². The molecule has 6 nitrogen and oxygen atoms in total. The number of anilines is 1. The third-order valence-corrected chi connectivity index (χ3v) is 6.55. The van der Waals surface area contributed by atoms with Gasteiger partial charge in [-0.2, -0.15) is 5.10 Å². The Morgan fingerprint density at radius 2 is 1.82 bits per heavy atom. The van der Waals surface area contributed by atoms with Crippen LogP contribution in [0.2, 0.25) is 0 Å². The molecule has 1 aliphatic heterocycles. The summed E-state index contributed by atoms with van der Waals surface area (Å²) in [7, 11) is 3.98. The lowest BCUT2D eigenvalue weighted by Gasteiger charge is -2.23. The molecule has 1 aliphatic rings. The van der Waals surface area contributed by atoms with Gasteiger partial charge in [-0.1, -0.05) is 56.1 Å². The summed E-state index contributed by atoms with van der Waals surface area (Å²) in [5, 5.41) is 6.20. The lowest BCUT2D eigenvalue weighted by Crippen LogP contribution is -2.31. The smallest absolute Gasteiger partial charge is 0.281 e. The molecule has 1 amide bonds. The number of ether oxygens (including phenoxy) is 1. The molecule has 0 aromatic heterocycles. The van der Waals surface area contributed by atoms with Crippen LogP contribution in [0, 0.1) is 0 Å². The molecule has 1 unspecified atom stereocenters. The molecule has 1 heterocycles. The fourth-order valence-corrected chi connectivity index (χ4v) is 4.56. The highest BCUT2D eigenvalue weighted by molar-refractivity contribution is 9.10. The van der Waals surface area contributed by atoms with Gasteiger partial charge in [-0.25, -0.2) is 5.01 Å². The van der Waals surface area contributed by atoms with Gasteiger partial charge in [0.15, 0.2) is 12.9 Å². The molecule has 0 saturated heterocycles. The van der Waals surface area contributed by atoms with E-state index in [0.717, 1.165) is 31.5 Å². The first-order valence-corrected chi connectivity index (χ1v) is 12.2. The number of carbonyl (C=O) groups is 2. The highest BCUT2D eigenvalue weighted by atomic mass is 79.9. The Kier molecular flexibility index (Phi) is 7.48. The van der Waals surface area contributed by atoms with Crippen molar-refractivity contribution in [1.29, 1.82) is 0 Å². The van der Waals surface area contributed by atoms with Gasteiger partial charge in [0.1, 0.15) is 5.75 Å². The van der Waals surface area contributed by atoms with Crippen LogP contribution < -0.4 is 9.64 Å². The van der Waals surface area contributed by atoms with Crippen molar-refractivity contribution in [1.82, 2.24) is 5.01 Å². The summed E-state index contributed by atoms with van der Waals surface area (Å²) >= 11 is 6.85. The second-order valence-corrected chi connectivity index (χ2v) is 9.92. The second-order valence-electron chi connectivity index (χ2n) is 8.09. The van der Waals surface area contributed by atoms with E-state index in [1.807, 2.05) is 67.5 Å². The Hall–Kier alpha value is -2.97. The molecular weight excluding hydrogens is 562 g/mol. The molecule has 3 aromatic carbocycles. The van der Waals surface area contributed by atoms with E-state index in [2.05, 4.69) is 31.9 Å². The molecule has 0 spiro atoms. The molecule has 0 fully saturated rings. The van der Waals surface area contributed by atoms with Crippen LogP contribution in [0.4, 0.5) is 5.69 Å². The zero-order valence-corrected chi connectivity index (χ0v) is 21.9. The van der Waals surface area contributed by atoms with E-state index in [-0.39, 0.29) is 18.6 Å². The van der Waals surface area contributed by atoms with E-state index in [1.54, 1.807) is 18.2 Å². The highest BCUT2D eigenvalue weighted by Gasteiger charge is 2.33. The molecule has 0 aliphatic carbocycles. The Morgan fingerprint density at radius 1 is 1.09 bits per heavy atom. The number of carbonyl (C=O) groups excluding carboxylic acids is 2. The minimum Gasteiger partial charge on any atom is -0.483 e. The van der Waals surface area contributed by atoms with Crippen LogP contribution >= 0.6 is 31.9 Å². The summed E-state index contributed by atoms with van der Waals surface area (Å²) in [5.41, 5.74) is 4.22. The molecule has 1 atom stereocenters. The Labute approximate surface area is 215 Å². The number of nitrogens with zero attached hydrogens (tertiary/aromatic N) is 3. The average molecular weight is 585 g/mol. The van der Waals surface area contributed by atoms with Crippen LogP contribution in [0.25, 0.3) is 0 Å². The Balaban J connectivity index is 1.60. The van der Waals surface area contributed by atoms with E-state index >= 15 is 0 Å². The fourth-order valence-electron chi connectivity index (χ4n) is 3.79. The second kappa shape index (κ2) is 10.5. The van der Waals surface area contributed by atoms with Crippen molar-refractivity contribution in [2.45, 2.75) is 12.5 Å². The van der Waals surface area contributed by atoms with E-state index < -0.39 is 0 Å². The van der Waals surface area contributed by atoms with Crippen molar-refractivity contribution < 1.29 is 14.3 Å². The SMILES string of the molecule is CN(C)c1ccc(C2CC(c3cccc(Br)c3)=NN2C(=O)COc2ccc(Br)cc2C=O)cc1. The molecule has 174 valence electrons. The predicted octanol–water partition coefficient (Wildman–Crippen LogP) is 5.85. The number of hydrogen-bond acceptors (Lipinski definition) is 5. The van der Waals surface area contributed by atoms with Gasteiger partial charge in [-0.15, -0.1) is 0 Å². The Bertz CT molecular complexity index is 1240. The quantitative estimate of drug-likeness (QED) is 0.327. The zero-order chi connectivity index (χ0) is 24.2. The summed E-state index contributed by atoms with van der Waals surface area (Å²) in [6, 6.07) is 20.8. The van der Waals surface area contributed by atoms with Gasteiger partial charge < -0.3 is 9.64 Å². The monoisotopic (exact) mass is 583 g/mol. The van der Waals surface area contributed by atoms with Crippen LogP contribution in [-0.2, 0) is 4.79 Å². The van der Waals surface area contributed by atoms with Crippen molar-refractivity contribution in [2.24, 2.45) is 5.10 Å². The number of rotatable bonds is 7. The third kappa shape index (κ3) is 5.39. The maximum atomic E-state index is 13.3. The summed E-state index contributed by atoms with van der Waals surface area (Å²) in [6.07, 6.45) is 1.29. The van der Waals surface area contributed by atoms with Crippen LogP contribution in [0.1, 0.15) is 33.9 Å². The van der Waals surface area contributed by atoms with Crippen molar-refractivity contribution in [2.75, 3.05) is 25.6 Å². The fraction of sp³-hybridized carbons (Fsp3) is 0.192. The maximum absolute atomic E-state index is 13.3. The molecule has 3 aromatic rings. The topological polar surface area (TPSA) is 62.2 Å². The van der Waals surface area contributed by atoms with Gasteiger partial charge in [0.05, 0.1) is 17.3 Å². The third-order valence-electron chi connectivity index (χ3n) is 5.57.